The highest BCUT2D eigenvalue weighted by Crippen LogP contribution is 2.24. The van der Waals surface area contributed by atoms with Crippen LogP contribution in [0.4, 0.5) is 5.82 Å². The standard InChI is InChI=1S/C19H26N6O/c1-13-20-8-7-18(23-13)25-9-5-6-15(12-25)10-16-11-17(19(26)24(3)4)22-14(2)21-16/h7-8,11,15H,5-6,9-10,12H2,1-4H3/t15-/m1/s1. The van der Waals surface area contributed by atoms with Crippen molar-refractivity contribution in [2.24, 2.45) is 5.92 Å². The number of rotatable bonds is 4. The predicted molar refractivity (Wildman–Crippen MR) is 100 cm³/mol. The first-order chi connectivity index (χ1) is 12.4. The summed E-state index contributed by atoms with van der Waals surface area (Å²) >= 11 is 0. The third-order valence-corrected chi connectivity index (χ3v) is 4.62. The number of anilines is 1. The van der Waals surface area contributed by atoms with Gasteiger partial charge in [-0.25, -0.2) is 19.9 Å². The van der Waals surface area contributed by atoms with Gasteiger partial charge >= 0.3 is 0 Å². The van der Waals surface area contributed by atoms with Crippen molar-refractivity contribution in [2.75, 3.05) is 32.1 Å². The average Bonchev–Trinajstić information content (AvgIpc) is 2.60. The predicted octanol–water partition coefficient (Wildman–Crippen LogP) is 2.04. The lowest BCUT2D eigenvalue weighted by molar-refractivity contribution is 0.0821. The lowest BCUT2D eigenvalue weighted by Gasteiger charge is -2.33. The third kappa shape index (κ3) is 4.33. The number of aryl methyl sites for hydroxylation is 2. The van der Waals surface area contributed by atoms with Crippen molar-refractivity contribution in [1.82, 2.24) is 24.8 Å². The fraction of sp³-hybridized carbons (Fsp3) is 0.526. The highest BCUT2D eigenvalue weighted by atomic mass is 16.2. The molecule has 1 saturated heterocycles. The lowest BCUT2D eigenvalue weighted by Crippen LogP contribution is -2.37. The third-order valence-electron chi connectivity index (χ3n) is 4.62. The molecular formula is C19H26N6O. The number of hydrogen-bond donors (Lipinski definition) is 0. The van der Waals surface area contributed by atoms with Crippen LogP contribution in [0.25, 0.3) is 0 Å². The number of hydrogen-bond acceptors (Lipinski definition) is 6. The van der Waals surface area contributed by atoms with Crippen LogP contribution in [-0.4, -0.2) is 57.9 Å². The minimum atomic E-state index is -0.0847. The Morgan fingerprint density at radius 2 is 2.04 bits per heavy atom. The highest BCUT2D eigenvalue weighted by Gasteiger charge is 2.23. The quantitative estimate of drug-likeness (QED) is 0.836. The molecule has 1 aliphatic rings. The monoisotopic (exact) mass is 354 g/mol. The van der Waals surface area contributed by atoms with E-state index < -0.39 is 0 Å². The first-order valence-corrected chi connectivity index (χ1v) is 9.03. The van der Waals surface area contributed by atoms with Gasteiger partial charge < -0.3 is 9.80 Å². The van der Waals surface area contributed by atoms with E-state index in [1.54, 1.807) is 19.0 Å². The van der Waals surface area contributed by atoms with E-state index in [9.17, 15) is 4.79 Å². The molecule has 1 amide bonds. The van der Waals surface area contributed by atoms with Gasteiger partial charge in [-0.3, -0.25) is 4.79 Å². The molecule has 2 aromatic heterocycles. The molecule has 0 spiro atoms. The van der Waals surface area contributed by atoms with E-state index in [0.717, 1.165) is 49.7 Å². The summed E-state index contributed by atoms with van der Waals surface area (Å²) in [5.41, 5.74) is 1.41. The van der Waals surface area contributed by atoms with E-state index in [4.69, 9.17) is 0 Å². The number of aromatic nitrogens is 4. The maximum absolute atomic E-state index is 12.2. The molecule has 138 valence electrons. The van der Waals surface area contributed by atoms with Crippen LogP contribution in [0.3, 0.4) is 0 Å². The minimum absolute atomic E-state index is 0.0847. The number of nitrogens with zero attached hydrogens (tertiary/aromatic N) is 6. The molecule has 1 atom stereocenters. The SMILES string of the molecule is Cc1nc(C[C@H]2CCCN(c3ccnc(C)n3)C2)cc(C(=O)N(C)C)n1. The van der Waals surface area contributed by atoms with Crippen molar-refractivity contribution >= 4 is 11.7 Å². The van der Waals surface area contributed by atoms with E-state index in [1.165, 1.54) is 0 Å². The summed E-state index contributed by atoms with van der Waals surface area (Å²) in [6.45, 7) is 5.71. The Kier molecular flexibility index (Phi) is 5.44. The van der Waals surface area contributed by atoms with E-state index in [-0.39, 0.29) is 5.91 Å². The molecule has 7 nitrogen and oxygen atoms in total. The molecule has 1 fully saturated rings. The summed E-state index contributed by atoms with van der Waals surface area (Å²) in [6, 6.07) is 3.81. The molecule has 1 aliphatic heterocycles. The summed E-state index contributed by atoms with van der Waals surface area (Å²) < 4.78 is 0. The number of piperidine rings is 1. The Morgan fingerprint density at radius 3 is 2.77 bits per heavy atom. The van der Waals surface area contributed by atoms with E-state index in [0.29, 0.717) is 17.4 Å². The van der Waals surface area contributed by atoms with Crippen molar-refractivity contribution in [3.8, 4) is 0 Å². The largest absolute Gasteiger partial charge is 0.356 e. The Balaban J connectivity index is 1.73. The zero-order chi connectivity index (χ0) is 18.7. The Hall–Kier alpha value is -2.57. The van der Waals surface area contributed by atoms with Crippen LogP contribution in [0.15, 0.2) is 18.3 Å². The Morgan fingerprint density at radius 1 is 1.23 bits per heavy atom. The molecular weight excluding hydrogens is 328 g/mol. The molecule has 26 heavy (non-hydrogen) atoms. The maximum atomic E-state index is 12.2. The molecule has 0 aliphatic carbocycles. The molecule has 0 aromatic carbocycles. The first kappa shape index (κ1) is 18.2. The van der Waals surface area contributed by atoms with Gasteiger partial charge in [-0.2, -0.15) is 0 Å². The summed E-state index contributed by atoms with van der Waals surface area (Å²) in [4.78, 5) is 33.7. The van der Waals surface area contributed by atoms with Crippen LogP contribution < -0.4 is 4.90 Å². The van der Waals surface area contributed by atoms with Gasteiger partial charge in [0.15, 0.2) is 0 Å². The highest BCUT2D eigenvalue weighted by molar-refractivity contribution is 5.92. The molecule has 0 saturated carbocycles. The fourth-order valence-corrected chi connectivity index (χ4v) is 3.43. The Bertz CT molecular complexity index is 791. The normalized spacial score (nSPS) is 17.2. The van der Waals surface area contributed by atoms with E-state index in [1.807, 2.05) is 32.2 Å². The molecule has 0 N–H and O–H groups in total. The van der Waals surface area contributed by atoms with E-state index >= 15 is 0 Å². The van der Waals surface area contributed by atoms with Crippen LogP contribution in [0, 0.1) is 19.8 Å². The molecule has 3 heterocycles. The number of carbonyl (C=O) groups is 1. The summed E-state index contributed by atoms with van der Waals surface area (Å²) in [6.07, 6.45) is 4.94. The van der Waals surface area contributed by atoms with Gasteiger partial charge in [0.1, 0.15) is 23.2 Å². The second-order valence-electron chi connectivity index (χ2n) is 7.11. The summed E-state index contributed by atoms with van der Waals surface area (Å²) in [5.74, 6) is 2.83. The fourth-order valence-electron chi connectivity index (χ4n) is 3.43. The van der Waals surface area contributed by atoms with Crippen molar-refractivity contribution in [1.29, 1.82) is 0 Å². The maximum Gasteiger partial charge on any atom is 0.272 e. The van der Waals surface area contributed by atoms with Gasteiger partial charge in [0, 0.05) is 39.1 Å². The van der Waals surface area contributed by atoms with Gasteiger partial charge in [0.05, 0.1) is 0 Å². The van der Waals surface area contributed by atoms with E-state index in [2.05, 4.69) is 24.8 Å². The molecule has 0 unspecified atom stereocenters. The molecule has 0 bridgehead atoms. The van der Waals surface area contributed by atoms with Gasteiger partial charge in [0.25, 0.3) is 5.91 Å². The average molecular weight is 354 g/mol. The van der Waals surface area contributed by atoms with Gasteiger partial charge in [-0.1, -0.05) is 0 Å². The van der Waals surface area contributed by atoms with Crippen LogP contribution in [0.2, 0.25) is 0 Å². The van der Waals surface area contributed by atoms with Crippen LogP contribution in [0.1, 0.15) is 40.7 Å². The second-order valence-corrected chi connectivity index (χ2v) is 7.11. The van der Waals surface area contributed by atoms with Crippen molar-refractivity contribution in [3.05, 3.63) is 41.4 Å². The number of amides is 1. The molecule has 3 rings (SSSR count). The van der Waals surface area contributed by atoms with Crippen LogP contribution in [-0.2, 0) is 6.42 Å². The second kappa shape index (κ2) is 7.76. The summed E-state index contributed by atoms with van der Waals surface area (Å²) in [7, 11) is 3.48. The topological polar surface area (TPSA) is 75.1 Å². The first-order valence-electron chi connectivity index (χ1n) is 9.03. The van der Waals surface area contributed by atoms with Crippen molar-refractivity contribution < 1.29 is 4.79 Å². The lowest BCUT2D eigenvalue weighted by atomic mass is 9.93. The van der Waals surface area contributed by atoms with Gasteiger partial charge in [-0.05, 0) is 51.2 Å². The molecule has 0 radical (unpaired) electrons. The number of carbonyl (C=O) groups excluding carboxylic acids is 1. The molecule has 2 aromatic rings. The zero-order valence-corrected chi connectivity index (χ0v) is 15.9. The summed E-state index contributed by atoms with van der Waals surface area (Å²) in [5, 5.41) is 0. The van der Waals surface area contributed by atoms with Gasteiger partial charge in [-0.15, -0.1) is 0 Å². The minimum Gasteiger partial charge on any atom is -0.356 e. The molecule has 7 heteroatoms. The van der Waals surface area contributed by atoms with Crippen LogP contribution >= 0.6 is 0 Å². The van der Waals surface area contributed by atoms with Gasteiger partial charge in [0.2, 0.25) is 0 Å². The van der Waals surface area contributed by atoms with Crippen molar-refractivity contribution in [3.63, 3.8) is 0 Å². The smallest absolute Gasteiger partial charge is 0.272 e. The van der Waals surface area contributed by atoms with Crippen molar-refractivity contribution in [2.45, 2.75) is 33.1 Å². The Labute approximate surface area is 154 Å². The van der Waals surface area contributed by atoms with Crippen LogP contribution in [0.5, 0.6) is 0 Å². The zero-order valence-electron chi connectivity index (χ0n) is 15.9.